The van der Waals surface area contributed by atoms with Gasteiger partial charge in [0.25, 0.3) is 0 Å². The van der Waals surface area contributed by atoms with E-state index in [-0.39, 0.29) is 11.9 Å². The highest BCUT2D eigenvalue weighted by atomic mass is 16.1. The van der Waals surface area contributed by atoms with Gasteiger partial charge in [0.15, 0.2) is 0 Å². The van der Waals surface area contributed by atoms with Crippen molar-refractivity contribution in [1.29, 1.82) is 0 Å². The smallest absolute Gasteiger partial charge is 0.221 e. The molecule has 1 aliphatic heterocycles. The van der Waals surface area contributed by atoms with Crippen LogP contribution in [0.25, 0.3) is 0 Å². The summed E-state index contributed by atoms with van der Waals surface area (Å²) < 4.78 is 0. The molecule has 4 nitrogen and oxygen atoms in total. The van der Waals surface area contributed by atoms with Gasteiger partial charge in [-0.15, -0.1) is 0 Å². The number of amides is 1. The first-order valence-corrected chi connectivity index (χ1v) is 7.52. The van der Waals surface area contributed by atoms with Gasteiger partial charge in [-0.05, 0) is 24.0 Å². The lowest BCUT2D eigenvalue weighted by Crippen LogP contribution is -2.46. The molecule has 3 N–H and O–H groups in total. The number of nitrogens with one attached hydrogen (secondary N) is 1. The average molecular weight is 275 g/mol. The summed E-state index contributed by atoms with van der Waals surface area (Å²) in [7, 11) is 0. The van der Waals surface area contributed by atoms with Crippen molar-refractivity contribution in [3.8, 4) is 0 Å². The number of nitrogens with zero attached hydrogens (tertiary/aromatic N) is 1. The summed E-state index contributed by atoms with van der Waals surface area (Å²) in [4.78, 5) is 14.2. The Labute approximate surface area is 121 Å². The third kappa shape index (κ3) is 3.81. The Morgan fingerprint density at radius 2 is 2.15 bits per heavy atom. The van der Waals surface area contributed by atoms with Crippen LogP contribution < -0.4 is 11.1 Å². The van der Waals surface area contributed by atoms with Gasteiger partial charge in [-0.3, -0.25) is 9.69 Å². The molecule has 0 saturated heterocycles. The zero-order valence-electron chi connectivity index (χ0n) is 12.3. The van der Waals surface area contributed by atoms with E-state index in [9.17, 15) is 4.79 Å². The normalized spacial score (nSPS) is 16.5. The minimum atomic E-state index is 0.112. The molecule has 1 aliphatic rings. The Morgan fingerprint density at radius 1 is 1.40 bits per heavy atom. The predicted octanol–water partition coefficient (Wildman–Crippen LogP) is 1.29. The number of rotatable bonds is 6. The van der Waals surface area contributed by atoms with Crippen molar-refractivity contribution in [2.45, 2.75) is 38.8 Å². The fraction of sp³-hybridized carbons (Fsp3) is 0.562. The maximum atomic E-state index is 11.9. The highest BCUT2D eigenvalue weighted by Crippen LogP contribution is 2.20. The van der Waals surface area contributed by atoms with Crippen molar-refractivity contribution in [1.82, 2.24) is 10.2 Å². The summed E-state index contributed by atoms with van der Waals surface area (Å²) in [5, 5.41) is 2.93. The van der Waals surface area contributed by atoms with Crippen LogP contribution >= 0.6 is 0 Å². The molecule has 0 fully saturated rings. The number of hydrogen-bond acceptors (Lipinski definition) is 3. The van der Waals surface area contributed by atoms with E-state index in [0.29, 0.717) is 13.0 Å². The van der Waals surface area contributed by atoms with Crippen molar-refractivity contribution in [3.63, 3.8) is 0 Å². The van der Waals surface area contributed by atoms with Crippen molar-refractivity contribution in [3.05, 3.63) is 35.4 Å². The zero-order valence-corrected chi connectivity index (χ0v) is 12.3. The molecule has 1 unspecified atom stereocenters. The summed E-state index contributed by atoms with van der Waals surface area (Å²) >= 11 is 0. The number of benzene rings is 1. The largest absolute Gasteiger partial charge is 0.356 e. The van der Waals surface area contributed by atoms with E-state index in [1.54, 1.807) is 0 Å². The number of hydrogen-bond donors (Lipinski definition) is 2. The van der Waals surface area contributed by atoms with Gasteiger partial charge in [-0.2, -0.15) is 0 Å². The van der Waals surface area contributed by atoms with Gasteiger partial charge in [-0.25, -0.2) is 0 Å². The SMILES string of the molecule is CCCNC(=O)CC(CN)N1CCc2ccccc2C1. The molecule has 0 saturated carbocycles. The van der Waals surface area contributed by atoms with E-state index in [2.05, 4.69) is 41.4 Å². The third-order valence-electron chi connectivity index (χ3n) is 3.94. The molecule has 20 heavy (non-hydrogen) atoms. The molecule has 1 aromatic carbocycles. The van der Waals surface area contributed by atoms with Gasteiger partial charge in [0, 0.05) is 38.6 Å². The Bertz CT molecular complexity index is 447. The predicted molar refractivity (Wildman–Crippen MR) is 81.3 cm³/mol. The number of nitrogens with two attached hydrogens (primary N) is 1. The Morgan fingerprint density at radius 3 is 2.85 bits per heavy atom. The molecule has 2 rings (SSSR count). The number of carbonyl (C=O) groups is 1. The van der Waals surface area contributed by atoms with Crippen molar-refractivity contribution >= 4 is 5.91 Å². The van der Waals surface area contributed by atoms with Crippen molar-refractivity contribution in [2.24, 2.45) is 5.73 Å². The van der Waals surface area contributed by atoms with E-state index < -0.39 is 0 Å². The van der Waals surface area contributed by atoms with E-state index in [1.807, 2.05) is 0 Å². The van der Waals surface area contributed by atoms with E-state index >= 15 is 0 Å². The van der Waals surface area contributed by atoms with Gasteiger partial charge >= 0.3 is 0 Å². The molecule has 4 heteroatoms. The fourth-order valence-electron chi connectivity index (χ4n) is 2.74. The van der Waals surface area contributed by atoms with Crippen LogP contribution in [-0.2, 0) is 17.8 Å². The van der Waals surface area contributed by atoms with Gasteiger partial charge in [0.1, 0.15) is 0 Å². The van der Waals surface area contributed by atoms with Crippen LogP contribution in [0.2, 0.25) is 0 Å². The second kappa shape index (κ2) is 7.41. The van der Waals surface area contributed by atoms with Crippen LogP contribution in [-0.4, -0.2) is 36.5 Å². The van der Waals surface area contributed by atoms with E-state index in [1.165, 1.54) is 11.1 Å². The topological polar surface area (TPSA) is 58.4 Å². The van der Waals surface area contributed by atoms with Crippen LogP contribution in [0.3, 0.4) is 0 Å². The van der Waals surface area contributed by atoms with Crippen LogP contribution in [0.1, 0.15) is 30.9 Å². The maximum Gasteiger partial charge on any atom is 0.221 e. The standard InChI is InChI=1S/C16H25N3O/c1-2-8-18-16(20)10-15(11-17)19-9-7-13-5-3-4-6-14(13)12-19/h3-6,15H,2,7-12,17H2,1H3,(H,18,20). The Hall–Kier alpha value is -1.39. The van der Waals surface area contributed by atoms with Gasteiger partial charge in [-0.1, -0.05) is 31.2 Å². The average Bonchev–Trinajstić information content (AvgIpc) is 2.50. The Balaban J connectivity index is 1.94. The molecular weight excluding hydrogens is 250 g/mol. The third-order valence-corrected chi connectivity index (χ3v) is 3.94. The maximum absolute atomic E-state index is 11.9. The van der Waals surface area contributed by atoms with Crippen LogP contribution in [0.5, 0.6) is 0 Å². The van der Waals surface area contributed by atoms with Crippen LogP contribution in [0.4, 0.5) is 0 Å². The highest BCUT2D eigenvalue weighted by Gasteiger charge is 2.24. The molecule has 0 aromatic heterocycles. The zero-order chi connectivity index (χ0) is 14.4. The molecule has 0 aliphatic carbocycles. The summed E-state index contributed by atoms with van der Waals surface area (Å²) in [6.45, 7) is 5.22. The molecule has 1 heterocycles. The van der Waals surface area contributed by atoms with E-state index in [4.69, 9.17) is 5.73 Å². The van der Waals surface area contributed by atoms with Gasteiger partial charge in [0.05, 0.1) is 0 Å². The lowest BCUT2D eigenvalue weighted by atomic mass is 9.98. The van der Waals surface area contributed by atoms with Crippen LogP contribution in [0.15, 0.2) is 24.3 Å². The monoisotopic (exact) mass is 275 g/mol. The lowest BCUT2D eigenvalue weighted by molar-refractivity contribution is -0.122. The summed E-state index contributed by atoms with van der Waals surface area (Å²) in [5.74, 6) is 0.112. The number of fused-ring (bicyclic) bond motifs is 1. The molecule has 1 aromatic rings. The molecule has 1 amide bonds. The summed E-state index contributed by atoms with van der Waals surface area (Å²) in [6, 6.07) is 8.67. The van der Waals surface area contributed by atoms with Gasteiger partial charge < -0.3 is 11.1 Å². The lowest BCUT2D eigenvalue weighted by Gasteiger charge is -2.34. The first kappa shape index (κ1) is 15.0. The first-order valence-electron chi connectivity index (χ1n) is 7.52. The van der Waals surface area contributed by atoms with Gasteiger partial charge in [0.2, 0.25) is 5.91 Å². The summed E-state index contributed by atoms with van der Waals surface area (Å²) in [5.41, 5.74) is 8.67. The van der Waals surface area contributed by atoms with Crippen molar-refractivity contribution < 1.29 is 4.79 Å². The molecular formula is C16H25N3O. The van der Waals surface area contributed by atoms with Crippen LogP contribution in [0, 0.1) is 0 Å². The second-order valence-corrected chi connectivity index (χ2v) is 5.43. The first-order chi connectivity index (χ1) is 9.74. The molecule has 110 valence electrons. The molecule has 0 spiro atoms. The number of carbonyl (C=O) groups excluding carboxylic acids is 1. The Kier molecular flexibility index (Phi) is 5.56. The minimum absolute atomic E-state index is 0.112. The van der Waals surface area contributed by atoms with E-state index in [0.717, 1.165) is 32.5 Å². The fourth-order valence-corrected chi connectivity index (χ4v) is 2.74. The molecule has 0 bridgehead atoms. The highest BCUT2D eigenvalue weighted by molar-refractivity contribution is 5.76. The minimum Gasteiger partial charge on any atom is -0.356 e. The molecule has 0 radical (unpaired) electrons. The van der Waals surface area contributed by atoms with Crippen molar-refractivity contribution in [2.75, 3.05) is 19.6 Å². The quantitative estimate of drug-likeness (QED) is 0.822. The molecule has 1 atom stereocenters. The second-order valence-electron chi connectivity index (χ2n) is 5.43. The summed E-state index contributed by atoms with van der Waals surface area (Å²) in [6.07, 6.45) is 2.51.